The second-order valence-corrected chi connectivity index (χ2v) is 15.0. The van der Waals surface area contributed by atoms with Crippen LogP contribution in [0.4, 0.5) is 0 Å². The first-order valence-electron chi connectivity index (χ1n) is 18.4. The molecule has 5 aromatic heterocycles. The summed E-state index contributed by atoms with van der Waals surface area (Å²) in [5.74, 6) is 1.74. The minimum absolute atomic E-state index is 0. The van der Waals surface area contributed by atoms with Gasteiger partial charge in [0, 0.05) is 5.52 Å². The number of aromatic nitrogens is 7. The summed E-state index contributed by atoms with van der Waals surface area (Å²) in [5, 5.41) is 2.37. The molecule has 0 atom stereocenters. The van der Waals surface area contributed by atoms with E-state index in [1.807, 2.05) is 6.07 Å². The van der Waals surface area contributed by atoms with Gasteiger partial charge in [-0.15, -0.1) is 35.2 Å². The van der Waals surface area contributed by atoms with E-state index >= 15 is 0 Å². The summed E-state index contributed by atoms with van der Waals surface area (Å²) in [4.78, 5) is 10.3. The molecule has 0 saturated carbocycles. The molecule has 12 aromatic rings. The first-order valence-corrected chi connectivity index (χ1v) is 18.4. The second kappa shape index (κ2) is 10.6. The molecule has 0 N–H and O–H groups in total. The molecule has 0 spiro atoms. The summed E-state index contributed by atoms with van der Waals surface area (Å²) in [5.41, 5.74) is 15.9. The fraction of sp³-hybridized carbons (Fsp3) is 0.0638. The van der Waals surface area contributed by atoms with Crippen molar-refractivity contribution in [3.05, 3.63) is 163 Å². The SMILES string of the molecule is CC1(C)c2ccc(-n3c4ccccc4n4c5ccccc5nc34)[c-]c2-n2c3[c-]c(-n4c5ccccc5n5c6ccccc6nc45)ccc3c3cccc1c32.[Pt+2]. The van der Waals surface area contributed by atoms with Gasteiger partial charge in [0.1, 0.15) is 0 Å². The zero-order valence-electron chi connectivity index (χ0n) is 29.7. The van der Waals surface area contributed by atoms with Gasteiger partial charge in [0.2, 0.25) is 11.6 Å². The first-order chi connectivity index (χ1) is 26.6. The number of rotatable bonds is 2. The molecular formula is C47H29N7Pt. The molecule has 7 aromatic carbocycles. The Labute approximate surface area is 328 Å². The molecule has 0 bridgehead atoms. The van der Waals surface area contributed by atoms with E-state index in [9.17, 15) is 0 Å². The molecule has 0 saturated heterocycles. The van der Waals surface area contributed by atoms with E-state index in [2.05, 4.69) is 182 Å². The molecule has 0 radical (unpaired) electrons. The van der Waals surface area contributed by atoms with Gasteiger partial charge >= 0.3 is 21.1 Å². The van der Waals surface area contributed by atoms with Crippen LogP contribution < -0.4 is 0 Å². The van der Waals surface area contributed by atoms with E-state index < -0.39 is 0 Å². The van der Waals surface area contributed by atoms with Gasteiger partial charge in [-0.2, -0.15) is 12.1 Å². The van der Waals surface area contributed by atoms with Crippen molar-refractivity contribution in [3.8, 4) is 17.1 Å². The van der Waals surface area contributed by atoms with Crippen LogP contribution in [-0.2, 0) is 26.5 Å². The fourth-order valence-corrected chi connectivity index (χ4v) is 9.44. The van der Waals surface area contributed by atoms with Crippen molar-refractivity contribution in [1.82, 2.24) is 32.5 Å². The Hall–Kier alpha value is -6.43. The molecule has 55 heavy (non-hydrogen) atoms. The summed E-state index contributed by atoms with van der Waals surface area (Å²) in [6, 6.07) is 57.5. The van der Waals surface area contributed by atoms with Crippen molar-refractivity contribution in [1.29, 1.82) is 0 Å². The van der Waals surface area contributed by atoms with Gasteiger partial charge in [-0.25, -0.2) is 9.97 Å². The van der Waals surface area contributed by atoms with Crippen LogP contribution in [0.2, 0.25) is 0 Å². The van der Waals surface area contributed by atoms with E-state index in [4.69, 9.17) is 9.97 Å². The van der Waals surface area contributed by atoms with Crippen LogP contribution in [0.25, 0.3) is 94.6 Å². The topological polar surface area (TPSA) is 49.4 Å². The first kappa shape index (κ1) is 31.0. The molecule has 262 valence electrons. The van der Waals surface area contributed by atoms with Gasteiger partial charge in [-0.05, 0) is 64.9 Å². The van der Waals surface area contributed by atoms with E-state index in [-0.39, 0.29) is 26.5 Å². The van der Waals surface area contributed by atoms with Crippen molar-refractivity contribution >= 4 is 77.5 Å². The number of benzene rings is 7. The van der Waals surface area contributed by atoms with Crippen LogP contribution >= 0.6 is 0 Å². The Morgan fingerprint density at radius 1 is 0.455 bits per heavy atom. The van der Waals surface area contributed by atoms with E-state index in [0.717, 1.165) is 83.7 Å². The van der Waals surface area contributed by atoms with Gasteiger partial charge in [-0.3, -0.25) is 8.80 Å². The summed E-state index contributed by atoms with van der Waals surface area (Å²) in [7, 11) is 0. The summed E-state index contributed by atoms with van der Waals surface area (Å²) >= 11 is 0. The molecule has 8 heteroatoms. The molecule has 7 nitrogen and oxygen atoms in total. The number of nitrogens with zero attached hydrogens (tertiary/aromatic N) is 7. The minimum Gasteiger partial charge on any atom is -0.358 e. The Morgan fingerprint density at radius 2 is 0.982 bits per heavy atom. The molecule has 0 aliphatic carbocycles. The molecule has 0 fully saturated rings. The predicted molar refractivity (Wildman–Crippen MR) is 217 cm³/mol. The van der Waals surface area contributed by atoms with Gasteiger partial charge in [0.25, 0.3) is 0 Å². The Balaban J connectivity index is 0.00000335. The zero-order chi connectivity index (χ0) is 35.4. The van der Waals surface area contributed by atoms with Crippen molar-refractivity contribution in [3.63, 3.8) is 0 Å². The molecule has 1 aliphatic heterocycles. The number of fused-ring (bicyclic) bond motifs is 15. The smallest absolute Gasteiger partial charge is 0.358 e. The molecular weight excluding hydrogens is 858 g/mol. The van der Waals surface area contributed by atoms with E-state index in [1.54, 1.807) is 0 Å². The summed E-state index contributed by atoms with van der Waals surface area (Å²) in [6.45, 7) is 4.67. The summed E-state index contributed by atoms with van der Waals surface area (Å²) in [6.07, 6.45) is 0. The Morgan fingerprint density at radius 3 is 1.60 bits per heavy atom. The van der Waals surface area contributed by atoms with Gasteiger partial charge in [-0.1, -0.05) is 103 Å². The van der Waals surface area contributed by atoms with Gasteiger partial charge in [0.15, 0.2) is 0 Å². The number of para-hydroxylation sites is 9. The summed E-state index contributed by atoms with van der Waals surface area (Å²) < 4.78 is 11.4. The Kier molecular flexibility index (Phi) is 5.98. The predicted octanol–water partition coefficient (Wildman–Crippen LogP) is 10.5. The number of hydrogen-bond donors (Lipinski definition) is 0. The van der Waals surface area contributed by atoms with Gasteiger partial charge < -0.3 is 13.7 Å². The maximum atomic E-state index is 5.17. The standard InChI is InChI=1S/C47H29N7.Pt/c1-47(2)32-25-23-29(51-39-19-8-10-21-41(39)54-37-17-6-4-15-35(37)49-46(51)54)27-43(32)52-42-26-28(22-24-30(42)31-12-11-13-33(47)44(31)52)50-38-18-7-9-20-40(38)53-36-16-5-3-14-34(36)48-45(50)53;/h3-25H,1-2H3;/q-2;+2. The normalized spacial score (nSPS) is 13.6. The van der Waals surface area contributed by atoms with Crippen LogP contribution in [0, 0.1) is 12.1 Å². The van der Waals surface area contributed by atoms with Crippen molar-refractivity contribution in [2.45, 2.75) is 19.3 Å². The maximum Gasteiger partial charge on any atom is 2.00 e. The monoisotopic (exact) mass is 886 g/mol. The third kappa shape index (κ3) is 3.78. The van der Waals surface area contributed by atoms with Crippen molar-refractivity contribution in [2.24, 2.45) is 0 Å². The average molecular weight is 887 g/mol. The van der Waals surface area contributed by atoms with Gasteiger partial charge in [0.05, 0.1) is 44.1 Å². The molecule has 6 heterocycles. The van der Waals surface area contributed by atoms with Crippen LogP contribution in [0.15, 0.2) is 140 Å². The molecule has 0 unspecified atom stereocenters. The number of hydrogen-bond acceptors (Lipinski definition) is 2. The number of imidazole rings is 4. The minimum atomic E-state index is -0.258. The third-order valence-electron chi connectivity index (χ3n) is 11.9. The molecule has 0 amide bonds. The third-order valence-corrected chi connectivity index (χ3v) is 11.9. The van der Waals surface area contributed by atoms with E-state index in [1.165, 1.54) is 22.0 Å². The largest absolute Gasteiger partial charge is 2.00 e. The van der Waals surface area contributed by atoms with Crippen molar-refractivity contribution in [2.75, 3.05) is 0 Å². The molecule has 1 aliphatic rings. The average Bonchev–Trinajstić information content (AvgIpc) is 3.99. The Bertz CT molecular complexity index is 3610. The van der Waals surface area contributed by atoms with Crippen LogP contribution in [-0.4, -0.2) is 32.5 Å². The van der Waals surface area contributed by atoms with Crippen molar-refractivity contribution < 1.29 is 21.1 Å². The zero-order valence-corrected chi connectivity index (χ0v) is 32.0. The second-order valence-electron chi connectivity index (χ2n) is 15.0. The van der Waals surface area contributed by atoms with Crippen LogP contribution in [0.5, 0.6) is 0 Å². The van der Waals surface area contributed by atoms with Crippen LogP contribution in [0.3, 0.4) is 0 Å². The quantitative estimate of drug-likeness (QED) is 0.162. The molecule has 13 rings (SSSR count). The van der Waals surface area contributed by atoms with E-state index in [0.29, 0.717) is 0 Å². The van der Waals surface area contributed by atoms with Crippen LogP contribution in [0.1, 0.15) is 25.0 Å². The maximum absolute atomic E-state index is 5.17. The fourth-order valence-electron chi connectivity index (χ4n) is 9.44.